The number of pyridine rings is 1. The lowest BCUT2D eigenvalue weighted by Crippen LogP contribution is -2.29. The lowest BCUT2D eigenvalue weighted by Gasteiger charge is -2.19. The maximum atomic E-state index is 12.9. The summed E-state index contributed by atoms with van der Waals surface area (Å²) in [5, 5.41) is 2.27. The summed E-state index contributed by atoms with van der Waals surface area (Å²) in [7, 11) is -3.63. The van der Waals surface area contributed by atoms with E-state index in [0.717, 1.165) is 29.7 Å². The molecule has 0 unspecified atom stereocenters. The molecule has 1 saturated heterocycles. The van der Waals surface area contributed by atoms with Crippen LogP contribution in [0.3, 0.4) is 0 Å². The number of amides is 1. The highest BCUT2D eigenvalue weighted by Crippen LogP contribution is 2.30. The number of nitrogens with zero attached hydrogens (tertiary/aromatic N) is 4. The van der Waals surface area contributed by atoms with Gasteiger partial charge in [-0.05, 0) is 56.0 Å². The Bertz CT molecular complexity index is 1350. The van der Waals surface area contributed by atoms with E-state index in [1.54, 1.807) is 5.38 Å². The molecule has 174 valence electrons. The second kappa shape index (κ2) is 9.20. The van der Waals surface area contributed by atoms with E-state index in [4.69, 9.17) is 0 Å². The van der Waals surface area contributed by atoms with Crippen LogP contribution in [0.2, 0.25) is 0 Å². The van der Waals surface area contributed by atoms with Gasteiger partial charge in [-0.1, -0.05) is 6.07 Å². The average Bonchev–Trinajstić information content (AvgIpc) is 3.45. The van der Waals surface area contributed by atoms with Crippen LogP contribution in [0.15, 0.2) is 51.6 Å². The molecule has 33 heavy (non-hydrogen) atoms. The minimum absolute atomic E-state index is 0.0972. The van der Waals surface area contributed by atoms with Crippen molar-refractivity contribution in [3.05, 3.63) is 69.1 Å². The number of thiazole rings is 1. The maximum Gasteiger partial charge on any atom is 0.250 e. The van der Waals surface area contributed by atoms with Crippen LogP contribution in [0.5, 0.6) is 0 Å². The number of carbonyl (C=O) groups excluding carboxylic acids is 1. The van der Waals surface area contributed by atoms with Crippen LogP contribution in [0.25, 0.3) is 0 Å². The summed E-state index contributed by atoms with van der Waals surface area (Å²) in [6.07, 6.45) is 3.06. The summed E-state index contributed by atoms with van der Waals surface area (Å²) >= 11 is 1.30. The molecule has 3 heterocycles. The van der Waals surface area contributed by atoms with Gasteiger partial charge in [0.2, 0.25) is 15.9 Å². The van der Waals surface area contributed by atoms with Crippen LogP contribution in [0.4, 0.5) is 10.8 Å². The molecule has 1 aliphatic rings. The van der Waals surface area contributed by atoms with E-state index in [2.05, 4.69) is 4.98 Å². The largest absolute Gasteiger partial charge is 0.308 e. The molecule has 8 nitrogen and oxygen atoms in total. The lowest BCUT2D eigenvalue weighted by molar-refractivity contribution is -0.115. The van der Waals surface area contributed by atoms with Gasteiger partial charge < -0.3 is 4.57 Å². The fraction of sp³-hybridized carbons (Fsp3) is 0.348. The first kappa shape index (κ1) is 23.3. The van der Waals surface area contributed by atoms with E-state index in [1.165, 1.54) is 50.4 Å². The van der Waals surface area contributed by atoms with Crippen molar-refractivity contribution in [3.63, 3.8) is 0 Å². The molecule has 1 amide bonds. The standard InChI is InChI=1S/C23H26N4O4S2/c1-16-6-7-20(12-17(16)2)27(18(3)28)23-24-19(15-32-23)13-25-14-21(8-9-22(25)29)33(30,31)26-10-4-5-11-26/h6-9,12,14-15H,4-5,10-11,13H2,1-3H3. The molecular formula is C23H26N4O4S2. The molecule has 2 aromatic heterocycles. The molecule has 0 saturated carbocycles. The maximum absolute atomic E-state index is 12.9. The molecule has 1 aliphatic heterocycles. The third kappa shape index (κ3) is 4.78. The van der Waals surface area contributed by atoms with Crippen LogP contribution in [0.1, 0.15) is 36.6 Å². The third-order valence-corrected chi connectivity index (χ3v) is 8.54. The number of aromatic nitrogens is 2. The molecule has 0 atom stereocenters. The zero-order valence-electron chi connectivity index (χ0n) is 18.8. The summed E-state index contributed by atoms with van der Waals surface area (Å²) in [6.45, 7) is 6.58. The Kier molecular flexibility index (Phi) is 6.51. The number of sulfonamides is 1. The Labute approximate surface area is 197 Å². The fourth-order valence-corrected chi connectivity index (χ4v) is 6.22. The summed E-state index contributed by atoms with van der Waals surface area (Å²) in [5.74, 6) is -0.171. The number of anilines is 2. The fourth-order valence-electron chi connectivity index (χ4n) is 3.80. The van der Waals surface area contributed by atoms with Gasteiger partial charge in [-0.3, -0.25) is 14.5 Å². The van der Waals surface area contributed by atoms with Gasteiger partial charge in [0, 0.05) is 37.7 Å². The summed E-state index contributed by atoms with van der Waals surface area (Å²) in [5.41, 5.74) is 3.18. The van der Waals surface area contributed by atoms with Gasteiger partial charge in [0.25, 0.3) is 5.56 Å². The number of benzene rings is 1. The van der Waals surface area contributed by atoms with Crippen molar-refractivity contribution in [2.75, 3.05) is 18.0 Å². The van der Waals surface area contributed by atoms with E-state index in [1.807, 2.05) is 32.0 Å². The van der Waals surface area contributed by atoms with E-state index in [0.29, 0.717) is 23.9 Å². The van der Waals surface area contributed by atoms with Gasteiger partial charge in [0.15, 0.2) is 5.13 Å². The van der Waals surface area contributed by atoms with Crippen molar-refractivity contribution < 1.29 is 13.2 Å². The van der Waals surface area contributed by atoms with Crippen molar-refractivity contribution in [1.29, 1.82) is 0 Å². The van der Waals surface area contributed by atoms with Crippen LogP contribution in [-0.4, -0.2) is 41.3 Å². The summed E-state index contributed by atoms with van der Waals surface area (Å²) in [6, 6.07) is 8.40. The predicted octanol–water partition coefficient (Wildman–Crippen LogP) is 3.44. The number of aryl methyl sites for hydroxylation is 2. The molecule has 0 aliphatic carbocycles. The Balaban J connectivity index is 1.62. The molecule has 3 aromatic rings. The number of hydrogen-bond acceptors (Lipinski definition) is 6. The van der Waals surface area contributed by atoms with E-state index >= 15 is 0 Å². The predicted molar refractivity (Wildman–Crippen MR) is 129 cm³/mol. The number of carbonyl (C=O) groups is 1. The molecule has 10 heteroatoms. The van der Waals surface area contributed by atoms with Gasteiger partial charge in [-0.25, -0.2) is 13.4 Å². The Morgan fingerprint density at radius 1 is 1.12 bits per heavy atom. The molecule has 0 radical (unpaired) electrons. The first-order valence-electron chi connectivity index (χ1n) is 10.7. The van der Waals surface area contributed by atoms with Crippen molar-refractivity contribution in [2.24, 2.45) is 0 Å². The van der Waals surface area contributed by atoms with Gasteiger partial charge in [0.1, 0.15) is 0 Å². The van der Waals surface area contributed by atoms with Crippen LogP contribution < -0.4 is 10.5 Å². The number of hydrogen-bond donors (Lipinski definition) is 0. The highest BCUT2D eigenvalue weighted by Gasteiger charge is 2.27. The molecule has 4 rings (SSSR count). The van der Waals surface area contributed by atoms with Crippen LogP contribution in [0, 0.1) is 13.8 Å². The number of rotatable bonds is 6. The van der Waals surface area contributed by atoms with Crippen LogP contribution >= 0.6 is 11.3 Å². The second-order valence-corrected chi connectivity index (χ2v) is 11.0. The smallest absolute Gasteiger partial charge is 0.250 e. The monoisotopic (exact) mass is 486 g/mol. The SMILES string of the molecule is CC(=O)N(c1ccc(C)c(C)c1)c1nc(Cn2cc(S(=O)(=O)N3CCCC3)ccc2=O)cs1. The molecule has 0 N–H and O–H groups in total. The van der Waals surface area contributed by atoms with Gasteiger partial charge in [-0.2, -0.15) is 4.31 Å². The van der Waals surface area contributed by atoms with Gasteiger partial charge in [0.05, 0.1) is 22.8 Å². The van der Waals surface area contributed by atoms with E-state index in [-0.39, 0.29) is 22.9 Å². The van der Waals surface area contributed by atoms with Gasteiger partial charge in [-0.15, -0.1) is 11.3 Å². The van der Waals surface area contributed by atoms with Crippen molar-refractivity contribution >= 4 is 38.1 Å². The topological polar surface area (TPSA) is 92.6 Å². The highest BCUT2D eigenvalue weighted by molar-refractivity contribution is 7.89. The van der Waals surface area contributed by atoms with Gasteiger partial charge >= 0.3 is 0 Å². The third-order valence-electron chi connectivity index (χ3n) is 5.79. The van der Waals surface area contributed by atoms with Crippen molar-refractivity contribution in [2.45, 2.75) is 45.1 Å². The quantitative estimate of drug-likeness (QED) is 0.532. The summed E-state index contributed by atoms with van der Waals surface area (Å²) < 4.78 is 28.6. The highest BCUT2D eigenvalue weighted by atomic mass is 32.2. The summed E-state index contributed by atoms with van der Waals surface area (Å²) in [4.78, 5) is 31.0. The minimum Gasteiger partial charge on any atom is -0.308 e. The first-order chi connectivity index (χ1) is 15.7. The zero-order chi connectivity index (χ0) is 23.8. The van der Waals surface area contributed by atoms with Crippen LogP contribution in [-0.2, 0) is 21.4 Å². The Morgan fingerprint density at radius 2 is 1.85 bits per heavy atom. The van der Waals surface area contributed by atoms with E-state index < -0.39 is 10.0 Å². The first-order valence-corrected chi connectivity index (χ1v) is 13.0. The normalized spacial score (nSPS) is 14.5. The molecule has 0 spiro atoms. The molecule has 0 bridgehead atoms. The molecule has 1 aromatic carbocycles. The Hall–Kier alpha value is -2.82. The van der Waals surface area contributed by atoms with E-state index in [9.17, 15) is 18.0 Å². The minimum atomic E-state index is -3.63. The molecular weight excluding hydrogens is 460 g/mol. The molecule has 1 fully saturated rings. The lowest BCUT2D eigenvalue weighted by atomic mass is 10.1. The van der Waals surface area contributed by atoms with Crippen molar-refractivity contribution in [1.82, 2.24) is 13.9 Å². The second-order valence-electron chi connectivity index (χ2n) is 8.19. The zero-order valence-corrected chi connectivity index (χ0v) is 20.4. The Morgan fingerprint density at radius 3 is 2.52 bits per heavy atom. The van der Waals surface area contributed by atoms with Crippen molar-refractivity contribution in [3.8, 4) is 0 Å². The average molecular weight is 487 g/mol.